The summed E-state index contributed by atoms with van der Waals surface area (Å²) in [6.45, 7) is 1.89. The van der Waals surface area contributed by atoms with Crippen molar-refractivity contribution in [2.75, 3.05) is 18.4 Å². The molecule has 0 bridgehead atoms. The van der Waals surface area contributed by atoms with Gasteiger partial charge in [-0.15, -0.1) is 12.4 Å². The Morgan fingerprint density at radius 2 is 1.73 bits per heavy atom. The van der Waals surface area contributed by atoms with Crippen molar-refractivity contribution in [1.82, 2.24) is 4.90 Å². The van der Waals surface area contributed by atoms with Crippen LogP contribution in [0.15, 0.2) is 42.5 Å². The number of rotatable bonds is 4. The van der Waals surface area contributed by atoms with Gasteiger partial charge in [0.25, 0.3) is 11.8 Å². The predicted molar refractivity (Wildman–Crippen MR) is 106 cm³/mol. The van der Waals surface area contributed by atoms with E-state index in [-0.39, 0.29) is 24.2 Å². The molecule has 3 rings (SSSR count). The molecule has 7 heteroatoms. The monoisotopic (exact) mass is 393 g/mol. The highest BCUT2D eigenvalue weighted by molar-refractivity contribution is 6.31. The average Bonchev–Trinajstić information content (AvgIpc) is 3.17. The van der Waals surface area contributed by atoms with Crippen molar-refractivity contribution in [2.45, 2.75) is 19.4 Å². The maximum atomic E-state index is 12.7. The quantitative estimate of drug-likeness (QED) is 0.830. The van der Waals surface area contributed by atoms with Crippen LogP contribution in [-0.4, -0.2) is 29.8 Å². The number of halogens is 2. The number of likely N-dealkylation sites (tertiary alicyclic amines) is 1. The standard InChI is InChI=1S/C19H20ClN3O2.ClH/c20-15-7-8-17(16(11-15)19(25)23-9-1-2-10-23)22-18(24)14-5-3-13(12-21)4-6-14;/h3-8,11H,1-2,9-10,12,21H2,(H,22,24);1H. The van der Waals surface area contributed by atoms with Gasteiger partial charge in [0.2, 0.25) is 0 Å². The van der Waals surface area contributed by atoms with Gasteiger partial charge in [-0.05, 0) is 48.7 Å². The summed E-state index contributed by atoms with van der Waals surface area (Å²) in [6.07, 6.45) is 2.00. The molecule has 1 saturated heterocycles. The Morgan fingerprint density at radius 1 is 1.08 bits per heavy atom. The summed E-state index contributed by atoms with van der Waals surface area (Å²) in [6, 6.07) is 12.0. The summed E-state index contributed by atoms with van der Waals surface area (Å²) in [5.74, 6) is -0.379. The first-order chi connectivity index (χ1) is 12.1. The van der Waals surface area contributed by atoms with Gasteiger partial charge in [-0.3, -0.25) is 9.59 Å². The van der Waals surface area contributed by atoms with Gasteiger partial charge in [-0.2, -0.15) is 0 Å². The van der Waals surface area contributed by atoms with E-state index < -0.39 is 0 Å². The number of anilines is 1. The summed E-state index contributed by atoms with van der Waals surface area (Å²) in [7, 11) is 0. The van der Waals surface area contributed by atoms with E-state index in [4.69, 9.17) is 17.3 Å². The first-order valence-electron chi connectivity index (χ1n) is 8.27. The summed E-state index contributed by atoms with van der Waals surface area (Å²) >= 11 is 6.06. The van der Waals surface area contributed by atoms with E-state index in [0.29, 0.717) is 28.4 Å². The van der Waals surface area contributed by atoms with Crippen LogP contribution in [0, 0.1) is 0 Å². The van der Waals surface area contributed by atoms with Gasteiger partial charge in [0.15, 0.2) is 0 Å². The molecule has 0 spiro atoms. The van der Waals surface area contributed by atoms with Gasteiger partial charge < -0.3 is 16.0 Å². The van der Waals surface area contributed by atoms with E-state index in [9.17, 15) is 9.59 Å². The Kier molecular flexibility index (Phi) is 7.03. The second kappa shape index (κ2) is 9.03. The van der Waals surface area contributed by atoms with E-state index in [0.717, 1.165) is 31.5 Å². The number of carbonyl (C=O) groups is 2. The summed E-state index contributed by atoms with van der Waals surface area (Å²) in [4.78, 5) is 27.0. The van der Waals surface area contributed by atoms with E-state index in [1.54, 1.807) is 35.2 Å². The van der Waals surface area contributed by atoms with E-state index >= 15 is 0 Å². The molecule has 138 valence electrons. The fraction of sp³-hybridized carbons (Fsp3) is 0.263. The van der Waals surface area contributed by atoms with Gasteiger partial charge in [-0.1, -0.05) is 23.7 Å². The van der Waals surface area contributed by atoms with Crippen LogP contribution in [-0.2, 0) is 6.54 Å². The van der Waals surface area contributed by atoms with Crippen molar-refractivity contribution in [3.8, 4) is 0 Å². The maximum absolute atomic E-state index is 12.7. The molecule has 2 aromatic carbocycles. The average molecular weight is 394 g/mol. The van der Waals surface area contributed by atoms with Crippen molar-refractivity contribution >= 4 is 41.5 Å². The SMILES string of the molecule is Cl.NCc1ccc(C(=O)Nc2ccc(Cl)cc2C(=O)N2CCCC2)cc1. The lowest BCUT2D eigenvalue weighted by molar-refractivity contribution is 0.0794. The highest BCUT2D eigenvalue weighted by Crippen LogP contribution is 2.24. The van der Waals surface area contributed by atoms with Crippen molar-refractivity contribution < 1.29 is 9.59 Å². The van der Waals surface area contributed by atoms with Crippen LogP contribution in [0.5, 0.6) is 0 Å². The number of nitrogens with one attached hydrogen (secondary N) is 1. The highest BCUT2D eigenvalue weighted by atomic mass is 35.5. The molecule has 0 unspecified atom stereocenters. The molecule has 5 nitrogen and oxygen atoms in total. The third kappa shape index (κ3) is 4.55. The molecule has 0 aromatic heterocycles. The topological polar surface area (TPSA) is 75.4 Å². The van der Waals surface area contributed by atoms with Crippen LogP contribution in [0.3, 0.4) is 0 Å². The lowest BCUT2D eigenvalue weighted by Crippen LogP contribution is -2.28. The van der Waals surface area contributed by atoms with Crippen molar-refractivity contribution in [1.29, 1.82) is 0 Å². The lowest BCUT2D eigenvalue weighted by Gasteiger charge is -2.18. The van der Waals surface area contributed by atoms with Crippen LogP contribution >= 0.6 is 24.0 Å². The van der Waals surface area contributed by atoms with Crippen molar-refractivity contribution in [2.24, 2.45) is 5.73 Å². The zero-order valence-corrected chi connectivity index (χ0v) is 15.8. The van der Waals surface area contributed by atoms with Gasteiger partial charge in [-0.25, -0.2) is 0 Å². The Balaban J connectivity index is 0.00000243. The molecule has 0 atom stereocenters. The molecule has 2 aromatic rings. The number of hydrogen-bond donors (Lipinski definition) is 2. The molecule has 1 aliphatic heterocycles. The molecule has 2 amide bonds. The smallest absolute Gasteiger partial charge is 0.256 e. The van der Waals surface area contributed by atoms with E-state index in [1.165, 1.54) is 0 Å². The summed E-state index contributed by atoms with van der Waals surface area (Å²) in [5.41, 5.74) is 7.91. The van der Waals surface area contributed by atoms with Gasteiger partial charge in [0.05, 0.1) is 11.3 Å². The molecule has 0 aliphatic carbocycles. The van der Waals surface area contributed by atoms with Crippen LogP contribution in [0.4, 0.5) is 5.69 Å². The number of amides is 2. The molecule has 26 heavy (non-hydrogen) atoms. The number of nitrogens with two attached hydrogens (primary N) is 1. The zero-order chi connectivity index (χ0) is 17.8. The molecule has 0 radical (unpaired) electrons. The number of carbonyl (C=O) groups excluding carboxylic acids is 2. The molecule has 1 aliphatic rings. The van der Waals surface area contributed by atoms with Crippen LogP contribution in [0.2, 0.25) is 5.02 Å². The van der Waals surface area contributed by atoms with E-state index in [1.807, 2.05) is 12.1 Å². The van der Waals surface area contributed by atoms with Gasteiger partial charge in [0, 0.05) is 30.2 Å². The minimum Gasteiger partial charge on any atom is -0.339 e. The Morgan fingerprint density at radius 3 is 2.35 bits per heavy atom. The molecule has 0 saturated carbocycles. The van der Waals surface area contributed by atoms with Crippen LogP contribution in [0.25, 0.3) is 0 Å². The van der Waals surface area contributed by atoms with Gasteiger partial charge >= 0.3 is 0 Å². The second-order valence-electron chi connectivity index (χ2n) is 6.04. The largest absolute Gasteiger partial charge is 0.339 e. The number of benzene rings is 2. The molecule has 3 N–H and O–H groups in total. The summed E-state index contributed by atoms with van der Waals surface area (Å²) in [5, 5.41) is 3.29. The normalized spacial score (nSPS) is 13.2. The maximum Gasteiger partial charge on any atom is 0.256 e. The van der Waals surface area contributed by atoms with E-state index in [2.05, 4.69) is 5.32 Å². The third-order valence-electron chi connectivity index (χ3n) is 4.31. The highest BCUT2D eigenvalue weighted by Gasteiger charge is 2.23. The van der Waals surface area contributed by atoms with Crippen LogP contribution in [0.1, 0.15) is 39.1 Å². The number of hydrogen-bond acceptors (Lipinski definition) is 3. The minimum absolute atomic E-state index is 0. The summed E-state index contributed by atoms with van der Waals surface area (Å²) < 4.78 is 0. The van der Waals surface area contributed by atoms with Crippen molar-refractivity contribution in [3.05, 3.63) is 64.2 Å². The second-order valence-corrected chi connectivity index (χ2v) is 6.48. The minimum atomic E-state index is -0.277. The number of nitrogens with zero attached hydrogens (tertiary/aromatic N) is 1. The molecule has 1 heterocycles. The first kappa shape index (κ1) is 20.2. The van der Waals surface area contributed by atoms with Crippen molar-refractivity contribution in [3.63, 3.8) is 0 Å². The third-order valence-corrected chi connectivity index (χ3v) is 4.54. The first-order valence-corrected chi connectivity index (χ1v) is 8.65. The molecule has 1 fully saturated rings. The van der Waals surface area contributed by atoms with Gasteiger partial charge in [0.1, 0.15) is 0 Å². The predicted octanol–water partition coefficient (Wildman–Crippen LogP) is 3.71. The molecular formula is C19H21Cl2N3O2. The van der Waals surface area contributed by atoms with Crippen LogP contribution < -0.4 is 11.1 Å². The fourth-order valence-electron chi connectivity index (χ4n) is 2.88. The Hall–Kier alpha value is -2.08. The zero-order valence-electron chi connectivity index (χ0n) is 14.2. The lowest BCUT2D eigenvalue weighted by atomic mass is 10.1. The Labute approximate surface area is 163 Å². The fourth-order valence-corrected chi connectivity index (χ4v) is 3.05. The molecular weight excluding hydrogens is 373 g/mol. The Bertz CT molecular complexity index is 788.